The molecule has 4 nitrogen and oxygen atoms in total. The predicted octanol–water partition coefficient (Wildman–Crippen LogP) is 2.57. The number of ether oxygens (including phenoxy) is 1. The Hall–Kier alpha value is -1.76. The maximum atomic E-state index is 12.1. The van der Waals surface area contributed by atoms with Crippen molar-refractivity contribution >= 4 is 11.6 Å². The molecule has 0 bridgehead atoms. The topological polar surface area (TPSA) is 50.4 Å². The Morgan fingerprint density at radius 2 is 2.05 bits per heavy atom. The van der Waals surface area contributed by atoms with Gasteiger partial charge in [0.15, 0.2) is 6.61 Å². The van der Waals surface area contributed by atoms with Crippen LogP contribution < -0.4 is 15.4 Å². The van der Waals surface area contributed by atoms with E-state index in [-0.39, 0.29) is 17.6 Å². The van der Waals surface area contributed by atoms with E-state index in [0.29, 0.717) is 5.69 Å². The normalized spacial score (nSPS) is 16.5. The summed E-state index contributed by atoms with van der Waals surface area (Å²) in [6, 6.07) is 5.99. The van der Waals surface area contributed by atoms with E-state index in [2.05, 4.69) is 15.4 Å². The molecule has 1 aromatic carbocycles. The highest BCUT2D eigenvalue weighted by molar-refractivity contribution is 5.92. The van der Waals surface area contributed by atoms with Crippen LogP contribution in [0.5, 0.6) is 5.75 Å². The molecule has 7 heteroatoms. The maximum Gasteiger partial charge on any atom is 0.422 e. The van der Waals surface area contributed by atoms with Gasteiger partial charge >= 0.3 is 6.18 Å². The first-order valence-electron chi connectivity index (χ1n) is 6.75. The lowest BCUT2D eigenvalue weighted by Gasteiger charge is -2.21. The van der Waals surface area contributed by atoms with Gasteiger partial charge in [-0.25, -0.2) is 0 Å². The van der Waals surface area contributed by atoms with Crippen molar-refractivity contribution in [3.05, 3.63) is 24.3 Å². The molecule has 1 aromatic rings. The minimum atomic E-state index is -4.38. The highest BCUT2D eigenvalue weighted by Gasteiger charge is 2.28. The van der Waals surface area contributed by atoms with Crippen LogP contribution in [0.4, 0.5) is 18.9 Å². The third kappa shape index (κ3) is 5.26. The van der Waals surface area contributed by atoms with Gasteiger partial charge < -0.3 is 15.4 Å². The van der Waals surface area contributed by atoms with Crippen molar-refractivity contribution in [3.63, 3.8) is 0 Å². The third-order valence-corrected chi connectivity index (χ3v) is 3.21. The molecule has 2 rings (SSSR count). The highest BCUT2D eigenvalue weighted by Crippen LogP contribution is 2.22. The van der Waals surface area contributed by atoms with Crippen LogP contribution in [-0.2, 0) is 4.79 Å². The van der Waals surface area contributed by atoms with Gasteiger partial charge in [-0.15, -0.1) is 0 Å². The van der Waals surface area contributed by atoms with Crippen LogP contribution in [0, 0.1) is 5.92 Å². The number of halogens is 3. The Bertz CT molecular complexity index is 485. The molecule has 0 unspecified atom stereocenters. The van der Waals surface area contributed by atoms with Crippen LogP contribution in [0.1, 0.15) is 12.8 Å². The van der Waals surface area contributed by atoms with E-state index in [1.165, 1.54) is 12.1 Å². The summed E-state index contributed by atoms with van der Waals surface area (Å²) in [6.45, 7) is 0.248. The van der Waals surface area contributed by atoms with E-state index >= 15 is 0 Å². The fraction of sp³-hybridized carbons (Fsp3) is 0.500. The molecular formula is C14H17F3N2O2. The molecule has 116 valence electrons. The van der Waals surface area contributed by atoms with Crippen LogP contribution in [0.3, 0.4) is 0 Å². The van der Waals surface area contributed by atoms with Gasteiger partial charge in [0, 0.05) is 17.7 Å². The van der Waals surface area contributed by atoms with Gasteiger partial charge in [-0.3, -0.25) is 4.79 Å². The summed E-state index contributed by atoms with van der Waals surface area (Å²) in [5.41, 5.74) is 0.443. The number of rotatable bonds is 4. The Morgan fingerprint density at radius 3 is 2.71 bits per heavy atom. The lowest BCUT2D eigenvalue weighted by molar-refractivity contribution is -0.153. The van der Waals surface area contributed by atoms with Crippen LogP contribution in [0.15, 0.2) is 24.3 Å². The molecule has 0 aromatic heterocycles. The zero-order valence-corrected chi connectivity index (χ0v) is 11.4. The summed E-state index contributed by atoms with van der Waals surface area (Å²) >= 11 is 0. The third-order valence-electron chi connectivity index (χ3n) is 3.21. The first kappa shape index (κ1) is 15.6. The standard InChI is InChI=1S/C14H17F3N2O2/c15-14(16,17)9-21-12-3-1-2-11(8-12)19-13(20)10-4-6-18-7-5-10/h1-3,8,10,18H,4-7,9H2,(H,19,20). The fourth-order valence-electron chi connectivity index (χ4n) is 2.16. The number of alkyl halides is 3. The van der Waals surface area contributed by atoms with Crippen molar-refractivity contribution in [2.75, 3.05) is 25.0 Å². The first-order valence-corrected chi connectivity index (χ1v) is 6.75. The number of piperidine rings is 1. The molecule has 1 saturated heterocycles. The SMILES string of the molecule is O=C(Nc1cccc(OCC(F)(F)F)c1)C1CCNCC1. The molecule has 21 heavy (non-hydrogen) atoms. The zero-order chi connectivity index (χ0) is 15.3. The molecule has 0 aliphatic carbocycles. The van der Waals surface area contributed by atoms with Crippen molar-refractivity contribution < 1.29 is 22.7 Å². The molecule has 0 spiro atoms. The van der Waals surface area contributed by atoms with E-state index in [0.717, 1.165) is 25.9 Å². The highest BCUT2D eigenvalue weighted by atomic mass is 19.4. The minimum absolute atomic E-state index is 0.0639. The van der Waals surface area contributed by atoms with Gasteiger partial charge in [0.1, 0.15) is 5.75 Å². The van der Waals surface area contributed by atoms with Crippen LogP contribution in [0.2, 0.25) is 0 Å². The van der Waals surface area contributed by atoms with Crippen LogP contribution >= 0.6 is 0 Å². The van der Waals surface area contributed by atoms with E-state index in [4.69, 9.17) is 0 Å². The van der Waals surface area contributed by atoms with Gasteiger partial charge in [-0.2, -0.15) is 13.2 Å². The molecule has 1 amide bonds. The summed E-state index contributed by atoms with van der Waals surface area (Å²) in [7, 11) is 0. The number of amides is 1. The Labute approximate surface area is 120 Å². The number of nitrogens with one attached hydrogen (secondary N) is 2. The molecule has 2 N–H and O–H groups in total. The summed E-state index contributed by atoms with van der Waals surface area (Å²) in [5.74, 6) is -0.0918. The fourth-order valence-corrected chi connectivity index (χ4v) is 2.16. The number of hydrogen-bond donors (Lipinski definition) is 2. The average Bonchev–Trinajstić information content (AvgIpc) is 2.46. The zero-order valence-electron chi connectivity index (χ0n) is 11.4. The van der Waals surface area contributed by atoms with E-state index in [1.807, 2.05) is 0 Å². The van der Waals surface area contributed by atoms with Crippen molar-refractivity contribution in [3.8, 4) is 5.75 Å². The van der Waals surface area contributed by atoms with Crippen molar-refractivity contribution in [2.24, 2.45) is 5.92 Å². The monoisotopic (exact) mass is 302 g/mol. The molecule has 1 aliphatic rings. The first-order chi connectivity index (χ1) is 9.94. The molecule has 1 aliphatic heterocycles. The van der Waals surface area contributed by atoms with E-state index < -0.39 is 12.8 Å². The largest absolute Gasteiger partial charge is 0.484 e. The quantitative estimate of drug-likeness (QED) is 0.899. The van der Waals surface area contributed by atoms with E-state index in [1.54, 1.807) is 12.1 Å². The lowest BCUT2D eigenvalue weighted by Crippen LogP contribution is -2.34. The number of anilines is 1. The number of carbonyl (C=O) groups excluding carboxylic acids is 1. The van der Waals surface area contributed by atoms with Gasteiger partial charge in [0.05, 0.1) is 0 Å². The van der Waals surface area contributed by atoms with Gasteiger partial charge in [-0.1, -0.05) is 6.07 Å². The van der Waals surface area contributed by atoms with Gasteiger partial charge in [0.2, 0.25) is 5.91 Å². The van der Waals surface area contributed by atoms with Crippen LogP contribution in [-0.4, -0.2) is 31.8 Å². The number of benzene rings is 1. The second-order valence-electron chi connectivity index (χ2n) is 4.95. The van der Waals surface area contributed by atoms with Crippen molar-refractivity contribution in [1.82, 2.24) is 5.32 Å². The Kier molecular flexibility index (Phi) is 5.06. The summed E-state index contributed by atoms with van der Waals surface area (Å²) in [5, 5.41) is 5.89. The summed E-state index contributed by atoms with van der Waals surface area (Å²) in [6.07, 6.45) is -2.86. The van der Waals surface area contributed by atoms with Crippen LogP contribution in [0.25, 0.3) is 0 Å². The average molecular weight is 302 g/mol. The predicted molar refractivity (Wildman–Crippen MR) is 72.2 cm³/mol. The molecule has 1 fully saturated rings. The molecule has 1 heterocycles. The number of hydrogen-bond acceptors (Lipinski definition) is 3. The smallest absolute Gasteiger partial charge is 0.422 e. The Morgan fingerprint density at radius 1 is 1.33 bits per heavy atom. The minimum Gasteiger partial charge on any atom is -0.484 e. The van der Waals surface area contributed by atoms with E-state index in [9.17, 15) is 18.0 Å². The second-order valence-corrected chi connectivity index (χ2v) is 4.95. The lowest BCUT2D eigenvalue weighted by atomic mass is 9.97. The second kappa shape index (κ2) is 6.80. The molecular weight excluding hydrogens is 285 g/mol. The molecule has 0 radical (unpaired) electrons. The summed E-state index contributed by atoms with van der Waals surface area (Å²) in [4.78, 5) is 12.0. The Balaban J connectivity index is 1.92. The van der Waals surface area contributed by atoms with Crippen molar-refractivity contribution in [2.45, 2.75) is 19.0 Å². The van der Waals surface area contributed by atoms with Gasteiger partial charge in [-0.05, 0) is 38.1 Å². The summed E-state index contributed by atoms with van der Waals surface area (Å²) < 4.78 is 40.9. The molecule has 0 atom stereocenters. The van der Waals surface area contributed by atoms with Gasteiger partial charge in [0.25, 0.3) is 0 Å². The maximum absolute atomic E-state index is 12.1. The van der Waals surface area contributed by atoms with Crippen molar-refractivity contribution in [1.29, 1.82) is 0 Å². The number of carbonyl (C=O) groups is 1. The molecule has 0 saturated carbocycles.